The van der Waals surface area contributed by atoms with Crippen LogP contribution in [0.1, 0.15) is 27.2 Å². The Morgan fingerprint density at radius 3 is 2.71 bits per heavy atom. The van der Waals surface area contributed by atoms with Crippen LogP contribution >= 0.6 is 15.9 Å². The van der Waals surface area contributed by atoms with E-state index in [0.717, 1.165) is 16.6 Å². The van der Waals surface area contributed by atoms with E-state index in [0.29, 0.717) is 6.54 Å². The molecule has 0 aromatic heterocycles. The van der Waals surface area contributed by atoms with Crippen LogP contribution in [0.3, 0.4) is 0 Å². The minimum Gasteiger partial charge on any atom is -0.376 e. The summed E-state index contributed by atoms with van der Waals surface area (Å²) in [6.07, 6.45) is 0.912. The molecule has 0 bridgehead atoms. The molecule has 1 amide bonds. The molecule has 3 nitrogen and oxygen atoms in total. The van der Waals surface area contributed by atoms with Crippen molar-refractivity contribution in [3.05, 3.63) is 28.7 Å². The van der Waals surface area contributed by atoms with Crippen LogP contribution in [0.15, 0.2) is 28.7 Å². The third-order valence-corrected chi connectivity index (χ3v) is 3.13. The second kappa shape index (κ2) is 6.05. The summed E-state index contributed by atoms with van der Waals surface area (Å²) >= 11 is 3.39. The van der Waals surface area contributed by atoms with Crippen LogP contribution in [0.2, 0.25) is 0 Å². The molecule has 17 heavy (non-hydrogen) atoms. The molecule has 94 valence electrons. The van der Waals surface area contributed by atoms with E-state index in [9.17, 15) is 4.79 Å². The molecule has 1 aromatic carbocycles. The van der Waals surface area contributed by atoms with Gasteiger partial charge in [0.05, 0.1) is 6.54 Å². The molecule has 0 heterocycles. The van der Waals surface area contributed by atoms with Gasteiger partial charge in [0, 0.05) is 15.7 Å². The van der Waals surface area contributed by atoms with Gasteiger partial charge in [-0.05, 0) is 38.5 Å². The highest BCUT2D eigenvalue weighted by molar-refractivity contribution is 9.10. The van der Waals surface area contributed by atoms with E-state index in [1.165, 1.54) is 0 Å². The third kappa shape index (κ3) is 5.22. The molecule has 0 saturated heterocycles. The van der Waals surface area contributed by atoms with Gasteiger partial charge < -0.3 is 10.6 Å². The average Bonchev–Trinajstić information content (AvgIpc) is 2.26. The highest BCUT2D eigenvalue weighted by atomic mass is 79.9. The van der Waals surface area contributed by atoms with Gasteiger partial charge in [-0.2, -0.15) is 0 Å². The summed E-state index contributed by atoms with van der Waals surface area (Å²) in [4.78, 5) is 11.7. The maximum atomic E-state index is 11.7. The van der Waals surface area contributed by atoms with Crippen molar-refractivity contribution in [2.24, 2.45) is 0 Å². The number of nitrogens with one attached hydrogen (secondary N) is 2. The lowest BCUT2D eigenvalue weighted by atomic mass is 10.0. The highest BCUT2D eigenvalue weighted by Gasteiger charge is 2.17. The zero-order chi connectivity index (χ0) is 12.9. The van der Waals surface area contributed by atoms with Crippen molar-refractivity contribution >= 4 is 27.5 Å². The Bertz CT molecular complexity index is 391. The van der Waals surface area contributed by atoms with Gasteiger partial charge in [0.15, 0.2) is 0 Å². The Labute approximate surface area is 111 Å². The molecular formula is C13H19BrN2O. The second-order valence-electron chi connectivity index (χ2n) is 4.65. The summed E-state index contributed by atoms with van der Waals surface area (Å²) in [6.45, 7) is 6.38. The van der Waals surface area contributed by atoms with Gasteiger partial charge in [-0.25, -0.2) is 0 Å². The fraction of sp³-hybridized carbons (Fsp3) is 0.462. The molecule has 1 aromatic rings. The van der Waals surface area contributed by atoms with Crippen molar-refractivity contribution in [2.45, 2.75) is 32.7 Å². The number of hydrogen-bond donors (Lipinski definition) is 2. The van der Waals surface area contributed by atoms with E-state index >= 15 is 0 Å². The van der Waals surface area contributed by atoms with Gasteiger partial charge in [0.1, 0.15) is 0 Å². The fourth-order valence-electron chi connectivity index (χ4n) is 1.29. The normalized spacial score (nSPS) is 11.1. The molecule has 0 aliphatic heterocycles. The second-order valence-corrected chi connectivity index (χ2v) is 5.57. The first kappa shape index (κ1) is 14.0. The zero-order valence-corrected chi connectivity index (χ0v) is 12.1. The largest absolute Gasteiger partial charge is 0.376 e. The fourth-order valence-corrected chi connectivity index (χ4v) is 1.69. The van der Waals surface area contributed by atoms with E-state index < -0.39 is 0 Å². The number of carbonyl (C=O) groups excluding carboxylic acids is 1. The van der Waals surface area contributed by atoms with E-state index in [1.807, 2.05) is 38.1 Å². The van der Waals surface area contributed by atoms with Crippen LogP contribution < -0.4 is 10.6 Å². The summed E-state index contributed by atoms with van der Waals surface area (Å²) in [5, 5.41) is 6.07. The molecule has 0 aliphatic rings. The Kier molecular flexibility index (Phi) is 5.00. The maximum Gasteiger partial charge on any atom is 0.239 e. The Morgan fingerprint density at radius 2 is 2.12 bits per heavy atom. The van der Waals surface area contributed by atoms with Gasteiger partial charge in [-0.3, -0.25) is 4.79 Å². The molecule has 2 N–H and O–H groups in total. The molecule has 0 spiro atoms. The Morgan fingerprint density at radius 1 is 1.41 bits per heavy atom. The number of benzene rings is 1. The number of anilines is 1. The monoisotopic (exact) mass is 298 g/mol. The van der Waals surface area contributed by atoms with Crippen molar-refractivity contribution in [3.63, 3.8) is 0 Å². The highest BCUT2D eigenvalue weighted by Crippen LogP contribution is 2.15. The van der Waals surface area contributed by atoms with E-state index in [1.54, 1.807) is 0 Å². The summed E-state index contributed by atoms with van der Waals surface area (Å²) in [5.41, 5.74) is 0.791. The topological polar surface area (TPSA) is 41.1 Å². The Balaban J connectivity index is 2.44. The number of carbonyl (C=O) groups is 1. The van der Waals surface area contributed by atoms with E-state index in [2.05, 4.69) is 33.5 Å². The molecule has 0 atom stereocenters. The summed E-state index contributed by atoms with van der Waals surface area (Å²) in [6, 6.07) is 7.76. The third-order valence-electron chi connectivity index (χ3n) is 2.64. The van der Waals surface area contributed by atoms with Gasteiger partial charge in [0.25, 0.3) is 0 Å². The standard InChI is InChI=1S/C13H19BrN2O/c1-4-13(2,3)16-12(17)9-15-11-7-5-6-10(14)8-11/h5-8,15H,4,9H2,1-3H3,(H,16,17). The molecule has 0 aliphatic carbocycles. The Hall–Kier alpha value is -1.03. The predicted octanol–water partition coefficient (Wildman–Crippen LogP) is 3.17. The molecule has 0 fully saturated rings. The lowest BCUT2D eigenvalue weighted by Crippen LogP contribution is -2.45. The molecule has 0 radical (unpaired) electrons. The number of halogens is 1. The molecule has 1 rings (SSSR count). The van der Waals surface area contributed by atoms with Crippen LogP contribution in [-0.4, -0.2) is 18.0 Å². The summed E-state index contributed by atoms with van der Waals surface area (Å²) in [7, 11) is 0. The summed E-state index contributed by atoms with van der Waals surface area (Å²) in [5.74, 6) is 0.0109. The first-order valence-electron chi connectivity index (χ1n) is 5.73. The van der Waals surface area contributed by atoms with Crippen LogP contribution in [0.25, 0.3) is 0 Å². The smallest absolute Gasteiger partial charge is 0.239 e. The van der Waals surface area contributed by atoms with Gasteiger partial charge in [0.2, 0.25) is 5.91 Å². The first-order chi connectivity index (χ1) is 7.93. The lowest BCUT2D eigenvalue weighted by molar-refractivity contribution is -0.121. The molecule has 4 heteroatoms. The van der Waals surface area contributed by atoms with Crippen molar-refractivity contribution in [1.29, 1.82) is 0 Å². The quantitative estimate of drug-likeness (QED) is 0.877. The minimum atomic E-state index is -0.143. The number of rotatable bonds is 5. The molecule has 0 unspecified atom stereocenters. The van der Waals surface area contributed by atoms with Crippen molar-refractivity contribution in [2.75, 3.05) is 11.9 Å². The number of hydrogen-bond acceptors (Lipinski definition) is 2. The van der Waals surface area contributed by atoms with Crippen LogP contribution in [0.5, 0.6) is 0 Å². The molecule has 0 saturated carbocycles. The van der Waals surface area contributed by atoms with Crippen LogP contribution in [0.4, 0.5) is 5.69 Å². The van der Waals surface area contributed by atoms with Gasteiger partial charge in [-0.1, -0.05) is 28.9 Å². The van der Waals surface area contributed by atoms with Crippen LogP contribution in [0, 0.1) is 0 Å². The predicted molar refractivity (Wildman–Crippen MR) is 75.1 cm³/mol. The van der Waals surface area contributed by atoms with Crippen LogP contribution in [-0.2, 0) is 4.79 Å². The lowest BCUT2D eigenvalue weighted by Gasteiger charge is -2.24. The van der Waals surface area contributed by atoms with Gasteiger partial charge >= 0.3 is 0 Å². The van der Waals surface area contributed by atoms with Gasteiger partial charge in [-0.15, -0.1) is 0 Å². The minimum absolute atomic E-state index is 0.0109. The maximum absolute atomic E-state index is 11.7. The average molecular weight is 299 g/mol. The molecular weight excluding hydrogens is 280 g/mol. The SMILES string of the molecule is CCC(C)(C)NC(=O)CNc1cccc(Br)c1. The van der Waals surface area contributed by atoms with Crippen molar-refractivity contribution < 1.29 is 4.79 Å². The zero-order valence-electron chi connectivity index (χ0n) is 10.5. The van der Waals surface area contributed by atoms with E-state index in [4.69, 9.17) is 0 Å². The van der Waals surface area contributed by atoms with Crippen molar-refractivity contribution in [1.82, 2.24) is 5.32 Å². The first-order valence-corrected chi connectivity index (χ1v) is 6.53. The number of amides is 1. The van der Waals surface area contributed by atoms with E-state index in [-0.39, 0.29) is 11.4 Å². The van der Waals surface area contributed by atoms with Crippen molar-refractivity contribution in [3.8, 4) is 0 Å². The summed E-state index contributed by atoms with van der Waals surface area (Å²) < 4.78 is 0.997.